The molecule has 9 nitrogen and oxygen atoms in total. The van der Waals surface area contributed by atoms with Gasteiger partial charge in [-0.3, -0.25) is 9.59 Å². The number of rotatable bonds is 8. The van der Waals surface area contributed by atoms with Gasteiger partial charge in [-0.1, -0.05) is 0 Å². The molecule has 3 aromatic rings. The summed E-state index contributed by atoms with van der Waals surface area (Å²) >= 11 is 0. The number of piperazine rings is 1. The Balaban J connectivity index is 1.25. The molecule has 0 unspecified atom stereocenters. The fourth-order valence-electron chi connectivity index (χ4n) is 5.13. The molecule has 9 heteroatoms. The van der Waals surface area contributed by atoms with Crippen LogP contribution in [0.2, 0.25) is 0 Å². The van der Waals surface area contributed by atoms with Gasteiger partial charge in [-0.2, -0.15) is 5.26 Å². The number of carboxylic acid groups (broad SMARTS) is 1. The van der Waals surface area contributed by atoms with Gasteiger partial charge >= 0.3 is 5.97 Å². The van der Waals surface area contributed by atoms with Crippen molar-refractivity contribution in [1.29, 1.82) is 5.26 Å². The number of hydrogen-bond donors (Lipinski definition) is 2. The lowest BCUT2D eigenvalue weighted by atomic mass is 9.87. The second-order valence-corrected chi connectivity index (χ2v) is 9.55. The van der Waals surface area contributed by atoms with E-state index in [1.807, 2.05) is 37.5 Å². The number of aromatic nitrogens is 2. The third-order valence-corrected chi connectivity index (χ3v) is 7.42. The van der Waals surface area contributed by atoms with Gasteiger partial charge in [-0.25, -0.2) is 4.98 Å². The number of hydrogen-bond acceptors (Lipinski definition) is 7. The first kappa shape index (κ1) is 23.8. The number of carbonyl (C=O) groups is 2. The number of nitrogens with one attached hydrogen (secondary N) is 1. The van der Waals surface area contributed by atoms with Gasteiger partial charge < -0.3 is 24.8 Å². The summed E-state index contributed by atoms with van der Waals surface area (Å²) in [6, 6.07) is 14.7. The summed E-state index contributed by atoms with van der Waals surface area (Å²) in [7, 11) is 1.99. The van der Waals surface area contributed by atoms with Crippen molar-refractivity contribution in [2.24, 2.45) is 0 Å². The Hall–Kier alpha value is -3.90. The van der Waals surface area contributed by atoms with Crippen LogP contribution in [0.3, 0.4) is 0 Å². The Labute approximate surface area is 209 Å². The molecule has 0 spiro atoms. The van der Waals surface area contributed by atoms with Crippen LogP contribution in [0.15, 0.2) is 42.6 Å². The van der Waals surface area contributed by atoms with Crippen molar-refractivity contribution < 1.29 is 14.7 Å². The molecule has 1 aliphatic heterocycles. The standard InChI is InChI=1S/C27H30N6O3/c1-29-20-14-22(15-20)33-17-19(16-28)23-6-8-25(30-27(23)33)32-12-10-31(11-13-32)21-4-2-18(3-5-21)24(34)7-9-26(35)36/h2-6,8,17,20,22,29H,7,9-15H2,1H3,(H,35,36). The van der Waals surface area contributed by atoms with E-state index in [-0.39, 0.29) is 18.6 Å². The van der Waals surface area contributed by atoms with E-state index in [0.29, 0.717) is 23.2 Å². The number of aliphatic carboxylic acids is 1. The number of benzene rings is 1. The zero-order valence-corrected chi connectivity index (χ0v) is 20.4. The molecule has 0 radical (unpaired) electrons. The highest BCUT2D eigenvalue weighted by Gasteiger charge is 2.31. The molecule has 2 fully saturated rings. The molecule has 2 aliphatic rings. The van der Waals surface area contributed by atoms with Crippen LogP contribution in [-0.4, -0.2) is 65.7 Å². The lowest BCUT2D eigenvalue weighted by molar-refractivity contribution is -0.136. The molecule has 2 aromatic heterocycles. The zero-order chi connectivity index (χ0) is 25.2. The molecule has 1 aromatic carbocycles. The van der Waals surface area contributed by atoms with Crippen molar-refractivity contribution in [3.8, 4) is 6.07 Å². The second kappa shape index (κ2) is 9.99. The van der Waals surface area contributed by atoms with E-state index in [4.69, 9.17) is 10.1 Å². The van der Waals surface area contributed by atoms with Gasteiger partial charge in [0.15, 0.2) is 5.78 Å². The topological polar surface area (TPSA) is 114 Å². The number of pyridine rings is 1. The number of anilines is 2. The average Bonchev–Trinajstić information content (AvgIpc) is 3.24. The summed E-state index contributed by atoms with van der Waals surface area (Å²) in [6.07, 6.45) is 3.90. The molecule has 1 aliphatic carbocycles. The number of fused-ring (bicyclic) bond motifs is 1. The van der Waals surface area contributed by atoms with Gasteiger partial charge in [0.1, 0.15) is 17.5 Å². The van der Waals surface area contributed by atoms with Gasteiger partial charge in [-0.15, -0.1) is 0 Å². The Bertz CT molecular complexity index is 1310. The summed E-state index contributed by atoms with van der Waals surface area (Å²) in [5, 5.41) is 22.6. The first-order valence-electron chi connectivity index (χ1n) is 12.4. The molecule has 1 saturated heterocycles. The van der Waals surface area contributed by atoms with Crippen LogP contribution >= 0.6 is 0 Å². The van der Waals surface area contributed by atoms with Crippen molar-refractivity contribution in [3.05, 3.63) is 53.7 Å². The Morgan fingerprint density at radius 2 is 1.75 bits per heavy atom. The van der Waals surface area contributed by atoms with E-state index in [0.717, 1.165) is 61.6 Å². The molecule has 1 saturated carbocycles. The van der Waals surface area contributed by atoms with Crippen LogP contribution in [0.1, 0.15) is 47.6 Å². The lowest BCUT2D eigenvalue weighted by Crippen LogP contribution is -2.46. The minimum atomic E-state index is -0.962. The van der Waals surface area contributed by atoms with Crippen LogP contribution in [0.4, 0.5) is 11.5 Å². The first-order valence-corrected chi connectivity index (χ1v) is 12.4. The molecule has 3 heterocycles. The molecular weight excluding hydrogens is 456 g/mol. The third-order valence-electron chi connectivity index (χ3n) is 7.42. The fourth-order valence-corrected chi connectivity index (χ4v) is 5.13. The smallest absolute Gasteiger partial charge is 0.303 e. The molecule has 0 bridgehead atoms. The first-order chi connectivity index (χ1) is 17.5. The van der Waals surface area contributed by atoms with E-state index >= 15 is 0 Å². The Morgan fingerprint density at radius 1 is 1.06 bits per heavy atom. The summed E-state index contributed by atoms with van der Waals surface area (Å²) < 4.78 is 2.18. The summed E-state index contributed by atoms with van der Waals surface area (Å²) in [6.45, 7) is 3.27. The van der Waals surface area contributed by atoms with Crippen LogP contribution in [-0.2, 0) is 4.79 Å². The van der Waals surface area contributed by atoms with Crippen molar-refractivity contribution in [3.63, 3.8) is 0 Å². The maximum absolute atomic E-state index is 12.2. The number of carbonyl (C=O) groups excluding carboxylic acids is 1. The maximum atomic E-state index is 12.2. The lowest BCUT2D eigenvalue weighted by Gasteiger charge is -2.37. The number of Topliss-reactive ketones (excluding diaryl/α,β-unsaturated/α-hetero) is 1. The minimum absolute atomic E-state index is 0.0146. The molecule has 36 heavy (non-hydrogen) atoms. The summed E-state index contributed by atoms with van der Waals surface area (Å²) in [5.74, 6) is -0.187. The number of ketones is 1. The highest BCUT2D eigenvalue weighted by atomic mass is 16.4. The average molecular weight is 487 g/mol. The summed E-state index contributed by atoms with van der Waals surface area (Å²) in [5.41, 5.74) is 3.15. The fraction of sp³-hybridized carbons (Fsp3) is 0.407. The van der Waals surface area contributed by atoms with Gasteiger partial charge in [0.05, 0.1) is 12.0 Å². The van der Waals surface area contributed by atoms with Crippen LogP contribution in [0.25, 0.3) is 11.0 Å². The molecule has 2 N–H and O–H groups in total. The predicted octanol–water partition coefficient (Wildman–Crippen LogP) is 3.20. The van der Waals surface area contributed by atoms with Crippen molar-refractivity contribution in [2.75, 3.05) is 43.0 Å². The molecular formula is C27H30N6O3. The SMILES string of the molecule is CNC1CC(n2cc(C#N)c3ccc(N4CCN(c5ccc(C(=O)CCC(=O)O)cc5)CC4)nc32)C1. The molecule has 186 valence electrons. The van der Waals surface area contributed by atoms with E-state index < -0.39 is 5.97 Å². The minimum Gasteiger partial charge on any atom is -0.481 e. The Kier molecular flexibility index (Phi) is 6.61. The Morgan fingerprint density at radius 3 is 2.39 bits per heavy atom. The number of carboxylic acids is 1. The normalized spacial score (nSPS) is 19.7. The number of nitriles is 1. The van der Waals surface area contributed by atoms with Gasteiger partial charge in [0.25, 0.3) is 0 Å². The molecule has 0 atom stereocenters. The highest BCUT2D eigenvalue weighted by molar-refractivity contribution is 5.97. The molecule has 5 rings (SSSR count). The van der Waals surface area contributed by atoms with E-state index in [2.05, 4.69) is 25.8 Å². The highest BCUT2D eigenvalue weighted by Crippen LogP contribution is 2.36. The van der Waals surface area contributed by atoms with Gasteiger partial charge in [0, 0.05) is 67.5 Å². The summed E-state index contributed by atoms with van der Waals surface area (Å²) in [4.78, 5) is 32.4. The van der Waals surface area contributed by atoms with E-state index in [1.165, 1.54) is 0 Å². The van der Waals surface area contributed by atoms with Crippen LogP contribution < -0.4 is 15.1 Å². The largest absolute Gasteiger partial charge is 0.481 e. The van der Waals surface area contributed by atoms with E-state index in [1.54, 1.807) is 12.1 Å². The monoisotopic (exact) mass is 486 g/mol. The predicted molar refractivity (Wildman–Crippen MR) is 138 cm³/mol. The van der Waals surface area contributed by atoms with Crippen LogP contribution in [0, 0.1) is 11.3 Å². The molecule has 0 amide bonds. The second-order valence-electron chi connectivity index (χ2n) is 9.55. The third kappa shape index (κ3) is 4.64. The van der Waals surface area contributed by atoms with Crippen molar-refractivity contribution in [2.45, 2.75) is 37.8 Å². The zero-order valence-electron chi connectivity index (χ0n) is 20.4. The van der Waals surface area contributed by atoms with Crippen molar-refractivity contribution >= 4 is 34.3 Å². The van der Waals surface area contributed by atoms with E-state index in [9.17, 15) is 14.9 Å². The van der Waals surface area contributed by atoms with Crippen LogP contribution in [0.5, 0.6) is 0 Å². The maximum Gasteiger partial charge on any atom is 0.303 e. The number of nitrogens with zero attached hydrogens (tertiary/aromatic N) is 5. The van der Waals surface area contributed by atoms with Gasteiger partial charge in [-0.05, 0) is 56.3 Å². The van der Waals surface area contributed by atoms with Crippen molar-refractivity contribution in [1.82, 2.24) is 14.9 Å². The quantitative estimate of drug-likeness (QED) is 0.467. The van der Waals surface area contributed by atoms with Gasteiger partial charge in [0.2, 0.25) is 0 Å².